The van der Waals surface area contributed by atoms with Gasteiger partial charge in [-0.1, -0.05) is 24.3 Å². The van der Waals surface area contributed by atoms with E-state index in [1.54, 1.807) is 12.4 Å². The summed E-state index contributed by atoms with van der Waals surface area (Å²) in [6, 6.07) is 3.62. The number of hydrogen-bond donors (Lipinski definition) is 2. The van der Waals surface area contributed by atoms with Crippen molar-refractivity contribution in [1.29, 1.82) is 0 Å². The Hall–Kier alpha value is -1.39. The molecule has 1 heterocycles. The number of rotatable bonds is 2. The van der Waals surface area contributed by atoms with Crippen molar-refractivity contribution in [1.82, 2.24) is 4.98 Å². The zero-order chi connectivity index (χ0) is 10.7. The molecule has 0 radical (unpaired) electrons. The number of pyridine rings is 1. The molecule has 0 fully saturated rings. The van der Waals surface area contributed by atoms with Crippen LogP contribution in [0, 0.1) is 0 Å². The highest BCUT2D eigenvalue weighted by Crippen LogP contribution is 2.33. The second-order valence-corrected chi connectivity index (χ2v) is 3.64. The first-order chi connectivity index (χ1) is 7.26. The Morgan fingerprint density at radius 1 is 1.20 bits per heavy atom. The summed E-state index contributed by atoms with van der Waals surface area (Å²) in [7, 11) is -1.40. The molecule has 0 saturated carbocycles. The predicted octanol–water partition coefficient (Wildman–Crippen LogP) is 0.848. The number of allylic oxidation sites excluding steroid dienone is 4. The minimum absolute atomic E-state index is 0.588. The third-order valence-corrected chi connectivity index (χ3v) is 2.77. The van der Waals surface area contributed by atoms with Crippen LogP contribution in [0.2, 0.25) is 0 Å². The standard InChI is InChI=1S/C11H12BNO2/c14-12(15)11(6-2-1-3-7-11)10-4-8-13-9-5-10/h1-6,8-9,14-15H,7H2. The highest BCUT2D eigenvalue weighted by molar-refractivity contribution is 6.46. The summed E-state index contributed by atoms with van der Waals surface area (Å²) in [6.07, 6.45) is 11.4. The van der Waals surface area contributed by atoms with Gasteiger partial charge in [-0.2, -0.15) is 0 Å². The molecule has 0 bridgehead atoms. The summed E-state index contributed by atoms with van der Waals surface area (Å²) >= 11 is 0. The van der Waals surface area contributed by atoms with Gasteiger partial charge in [0.2, 0.25) is 0 Å². The van der Waals surface area contributed by atoms with Crippen LogP contribution < -0.4 is 0 Å². The predicted molar refractivity (Wildman–Crippen MR) is 59.0 cm³/mol. The SMILES string of the molecule is OB(O)C1(c2ccncc2)C=CC=CC1. The second kappa shape index (κ2) is 4.00. The van der Waals surface area contributed by atoms with Crippen LogP contribution >= 0.6 is 0 Å². The first-order valence-electron chi connectivity index (χ1n) is 4.87. The van der Waals surface area contributed by atoms with Crippen LogP contribution in [0.3, 0.4) is 0 Å². The molecule has 0 aromatic carbocycles. The van der Waals surface area contributed by atoms with Crippen LogP contribution in [0.1, 0.15) is 12.0 Å². The molecule has 1 aromatic heterocycles. The molecule has 76 valence electrons. The molecule has 0 saturated heterocycles. The van der Waals surface area contributed by atoms with Gasteiger partial charge in [0.15, 0.2) is 0 Å². The van der Waals surface area contributed by atoms with Crippen molar-refractivity contribution >= 4 is 7.12 Å². The lowest BCUT2D eigenvalue weighted by atomic mass is 9.52. The molecular weight excluding hydrogens is 189 g/mol. The fraction of sp³-hybridized carbons (Fsp3) is 0.182. The molecule has 2 rings (SSSR count). The molecule has 15 heavy (non-hydrogen) atoms. The zero-order valence-electron chi connectivity index (χ0n) is 8.24. The molecule has 1 aliphatic carbocycles. The molecule has 4 heteroatoms. The second-order valence-electron chi connectivity index (χ2n) is 3.64. The Balaban J connectivity index is 2.44. The molecule has 0 aliphatic heterocycles. The summed E-state index contributed by atoms with van der Waals surface area (Å²) in [5.74, 6) is 0. The monoisotopic (exact) mass is 201 g/mol. The van der Waals surface area contributed by atoms with Crippen molar-refractivity contribution in [2.45, 2.75) is 11.7 Å². The zero-order valence-corrected chi connectivity index (χ0v) is 8.24. The molecular formula is C11H12BNO2. The van der Waals surface area contributed by atoms with E-state index in [0.717, 1.165) is 5.56 Å². The van der Waals surface area contributed by atoms with E-state index in [9.17, 15) is 10.0 Å². The average molecular weight is 201 g/mol. The van der Waals surface area contributed by atoms with Crippen LogP contribution in [0.5, 0.6) is 0 Å². The maximum absolute atomic E-state index is 9.53. The Kier molecular flexibility index (Phi) is 2.71. The summed E-state index contributed by atoms with van der Waals surface area (Å²) in [5, 5.41) is 18.3. The van der Waals surface area contributed by atoms with Gasteiger partial charge in [0.1, 0.15) is 0 Å². The van der Waals surface area contributed by atoms with Crippen molar-refractivity contribution in [3.05, 3.63) is 54.4 Å². The summed E-state index contributed by atoms with van der Waals surface area (Å²) < 4.78 is 0. The van der Waals surface area contributed by atoms with E-state index in [1.165, 1.54) is 0 Å². The van der Waals surface area contributed by atoms with Crippen molar-refractivity contribution < 1.29 is 10.0 Å². The first-order valence-corrected chi connectivity index (χ1v) is 4.87. The van der Waals surface area contributed by atoms with Gasteiger partial charge in [-0.25, -0.2) is 0 Å². The van der Waals surface area contributed by atoms with Gasteiger partial charge < -0.3 is 10.0 Å². The molecule has 1 aromatic rings. The highest BCUT2D eigenvalue weighted by atomic mass is 16.4. The van der Waals surface area contributed by atoms with Crippen LogP contribution in [-0.2, 0) is 5.31 Å². The summed E-state index contributed by atoms with van der Waals surface area (Å²) in [5.41, 5.74) is 0.869. The molecule has 1 atom stereocenters. The summed E-state index contributed by atoms with van der Waals surface area (Å²) in [4.78, 5) is 3.93. The maximum Gasteiger partial charge on any atom is 0.467 e. The van der Waals surface area contributed by atoms with Crippen LogP contribution in [0.15, 0.2) is 48.8 Å². The quantitative estimate of drug-likeness (QED) is 0.697. The van der Waals surface area contributed by atoms with Crippen molar-refractivity contribution in [3.8, 4) is 0 Å². The molecule has 3 nitrogen and oxygen atoms in total. The van der Waals surface area contributed by atoms with Crippen molar-refractivity contribution in [3.63, 3.8) is 0 Å². The number of nitrogens with zero attached hydrogens (tertiary/aromatic N) is 1. The molecule has 0 amide bonds. The average Bonchev–Trinajstić information content (AvgIpc) is 2.31. The smallest absolute Gasteiger partial charge is 0.426 e. The van der Waals surface area contributed by atoms with Gasteiger partial charge in [-0.15, -0.1) is 0 Å². The third-order valence-electron chi connectivity index (χ3n) is 2.77. The Morgan fingerprint density at radius 2 is 1.93 bits per heavy atom. The summed E-state index contributed by atoms with van der Waals surface area (Å²) in [6.45, 7) is 0. The fourth-order valence-electron chi connectivity index (χ4n) is 1.85. The minimum Gasteiger partial charge on any atom is -0.426 e. The van der Waals surface area contributed by atoms with E-state index in [1.807, 2.05) is 36.4 Å². The van der Waals surface area contributed by atoms with E-state index < -0.39 is 12.4 Å². The topological polar surface area (TPSA) is 53.4 Å². The van der Waals surface area contributed by atoms with Gasteiger partial charge in [0, 0.05) is 12.4 Å². The Labute approximate surface area is 88.9 Å². The molecule has 2 N–H and O–H groups in total. The highest BCUT2D eigenvalue weighted by Gasteiger charge is 2.41. The van der Waals surface area contributed by atoms with E-state index in [4.69, 9.17) is 0 Å². The van der Waals surface area contributed by atoms with Gasteiger partial charge in [-0.3, -0.25) is 4.98 Å². The van der Waals surface area contributed by atoms with E-state index in [-0.39, 0.29) is 0 Å². The van der Waals surface area contributed by atoms with Crippen LogP contribution in [0.4, 0.5) is 0 Å². The third kappa shape index (κ3) is 1.74. The van der Waals surface area contributed by atoms with Crippen molar-refractivity contribution in [2.75, 3.05) is 0 Å². The minimum atomic E-state index is -1.40. The first kappa shape index (κ1) is 10.1. The van der Waals surface area contributed by atoms with Crippen LogP contribution in [0.25, 0.3) is 0 Å². The number of hydrogen-bond acceptors (Lipinski definition) is 3. The largest absolute Gasteiger partial charge is 0.467 e. The van der Waals surface area contributed by atoms with Crippen LogP contribution in [-0.4, -0.2) is 22.2 Å². The van der Waals surface area contributed by atoms with Gasteiger partial charge in [-0.05, 0) is 24.1 Å². The lowest BCUT2D eigenvalue weighted by Gasteiger charge is -2.30. The van der Waals surface area contributed by atoms with E-state index in [0.29, 0.717) is 6.42 Å². The van der Waals surface area contributed by atoms with E-state index in [2.05, 4.69) is 4.98 Å². The molecule has 1 unspecified atom stereocenters. The fourth-order valence-corrected chi connectivity index (χ4v) is 1.85. The molecule has 0 spiro atoms. The van der Waals surface area contributed by atoms with Gasteiger partial charge in [0.25, 0.3) is 0 Å². The van der Waals surface area contributed by atoms with Crippen molar-refractivity contribution in [2.24, 2.45) is 0 Å². The Bertz CT molecular complexity index is 389. The molecule has 1 aliphatic rings. The lowest BCUT2D eigenvalue weighted by molar-refractivity contribution is 0.363. The number of aromatic nitrogens is 1. The van der Waals surface area contributed by atoms with E-state index >= 15 is 0 Å². The maximum atomic E-state index is 9.53. The lowest BCUT2D eigenvalue weighted by Crippen LogP contribution is -2.42. The Morgan fingerprint density at radius 3 is 2.47 bits per heavy atom. The normalized spacial score (nSPS) is 24.1. The van der Waals surface area contributed by atoms with Gasteiger partial charge in [0.05, 0.1) is 5.31 Å². The van der Waals surface area contributed by atoms with Gasteiger partial charge >= 0.3 is 7.12 Å².